The molecule has 0 bridgehead atoms. The van der Waals surface area contributed by atoms with E-state index in [4.69, 9.17) is 10.5 Å². The second-order valence-electron chi connectivity index (χ2n) is 13.3. The lowest BCUT2D eigenvalue weighted by Gasteiger charge is -2.46. The topological polar surface area (TPSA) is 142 Å². The lowest BCUT2D eigenvalue weighted by Crippen LogP contribution is -2.68. The highest BCUT2D eigenvalue weighted by Gasteiger charge is 2.52. The maximum atomic E-state index is 11.0. The molecule has 0 aromatic heterocycles. The maximum Gasteiger partial charge on any atom is 0.142 e. The standard InChI is InChI=1S/C29H48N8O3/c1-15(2)36(12-22-25(38)26(39)29(40-22)37-14-33-24-27(30)31-13-32-28(24)37)19-9-16(10-19)3-8-23-34-20-7-6-18(17-4-5-17)11-21(20)35-23/h6-7,11,15-17,19,22-29,31-35,38-39H,3-5,8-10,12-14,30H2,1-2H3/t16?,19?,22-,23?,24?,25-,26-,27?,28?,29-/m1/s1. The zero-order valence-corrected chi connectivity index (χ0v) is 23.8. The largest absolute Gasteiger partial charge is 0.387 e. The first kappa shape index (κ1) is 27.3. The quantitative estimate of drug-likeness (QED) is 0.215. The van der Waals surface area contributed by atoms with Gasteiger partial charge in [-0.3, -0.25) is 20.9 Å². The third kappa shape index (κ3) is 5.14. The Morgan fingerprint density at radius 2 is 1.85 bits per heavy atom. The molecule has 8 atom stereocenters. The second-order valence-corrected chi connectivity index (χ2v) is 13.3. The van der Waals surface area contributed by atoms with Crippen molar-refractivity contribution in [2.45, 2.75) is 119 Å². The van der Waals surface area contributed by atoms with Gasteiger partial charge in [0.1, 0.15) is 24.5 Å². The molecule has 6 aliphatic rings. The highest BCUT2D eigenvalue weighted by molar-refractivity contribution is 5.75. The highest BCUT2D eigenvalue weighted by Crippen LogP contribution is 2.44. The van der Waals surface area contributed by atoms with Gasteiger partial charge in [0.15, 0.2) is 0 Å². The lowest BCUT2D eigenvalue weighted by molar-refractivity contribution is -0.112. The predicted octanol–water partition coefficient (Wildman–Crippen LogP) is 0.436. The summed E-state index contributed by atoms with van der Waals surface area (Å²) in [5, 5.41) is 39.4. The van der Waals surface area contributed by atoms with Crippen LogP contribution < -0.4 is 32.3 Å². The number of nitrogens with zero attached hydrogens (tertiary/aromatic N) is 2. The normalized spacial score (nSPS) is 41.1. The van der Waals surface area contributed by atoms with Crippen LogP contribution in [0.25, 0.3) is 0 Å². The zero-order chi connectivity index (χ0) is 27.5. The van der Waals surface area contributed by atoms with E-state index in [1.54, 1.807) is 0 Å². The van der Waals surface area contributed by atoms with Gasteiger partial charge in [-0.15, -0.1) is 0 Å². The molecule has 0 radical (unpaired) electrons. The Hall–Kier alpha value is -1.54. The molecule has 7 rings (SSSR count). The summed E-state index contributed by atoms with van der Waals surface area (Å²) >= 11 is 0. The van der Waals surface area contributed by atoms with Crippen LogP contribution in [0.15, 0.2) is 18.2 Å². The number of hydrogen-bond donors (Lipinski definition) is 8. The van der Waals surface area contributed by atoms with Crippen LogP contribution in [-0.4, -0.2) is 101 Å². The number of anilines is 2. The summed E-state index contributed by atoms with van der Waals surface area (Å²) in [6.45, 7) is 6.21. The number of aliphatic hydroxyl groups excluding tert-OH is 2. The third-order valence-electron chi connectivity index (χ3n) is 10.3. The van der Waals surface area contributed by atoms with Crippen LogP contribution in [-0.2, 0) is 4.74 Å². The fourth-order valence-electron chi connectivity index (χ4n) is 7.64. The maximum absolute atomic E-state index is 11.0. The van der Waals surface area contributed by atoms with E-state index in [0.717, 1.165) is 18.3 Å². The van der Waals surface area contributed by atoms with Gasteiger partial charge in [0.25, 0.3) is 0 Å². The van der Waals surface area contributed by atoms with Crippen LogP contribution in [0.4, 0.5) is 11.4 Å². The van der Waals surface area contributed by atoms with Gasteiger partial charge in [0.05, 0.1) is 42.6 Å². The smallest absolute Gasteiger partial charge is 0.142 e. The van der Waals surface area contributed by atoms with E-state index in [-0.39, 0.29) is 18.4 Å². The van der Waals surface area contributed by atoms with E-state index in [1.807, 2.05) is 0 Å². The van der Waals surface area contributed by atoms with Crippen molar-refractivity contribution in [3.8, 4) is 0 Å². The molecule has 222 valence electrons. The van der Waals surface area contributed by atoms with Gasteiger partial charge in [-0.1, -0.05) is 6.07 Å². The van der Waals surface area contributed by atoms with Gasteiger partial charge in [-0.25, -0.2) is 4.90 Å². The molecule has 4 unspecified atom stereocenters. The van der Waals surface area contributed by atoms with Crippen molar-refractivity contribution < 1.29 is 14.9 Å². The van der Waals surface area contributed by atoms with Gasteiger partial charge in [-0.05, 0) is 81.9 Å². The molecule has 0 spiro atoms. The first-order valence-electron chi connectivity index (χ1n) is 15.5. The van der Waals surface area contributed by atoms with Crippen molar-refractivity contribution >= 4 is 11.4 Å². The minimum absolute atomic E-state index is 0.0174. The van der Waals surface area contributed by atoms with Gasteiger partial charge in [0.2, 0.25) is 0 Å². The molecular formula is C29H48N8O3. The Kier molecular flexibility index (Phi) is 7.47. The average Bonchev–Trinajstić information content (AvgIpc) is 3.45. The van der Waals surface area contributed by atoms with Crippen molar-refractivity contribution in [2.75, 3.05) is 30.5 Å². The van der Waals surface area contributed by atoms with E-state index in [1.165, 1.54) is 49.0 Å². The number of nitrogens with two attached hydrogens (primary N) is 1. The van der Waals surface area contributed by atoms with E-state index < -0.39 is 24.5 Å². The molecule has 2 saturated carbocycles. The number of benzene rings is 1. The SMILES string of the molecule is CC(C)N(C[C@H]1O[C@@H](N2CNC3C(N)NCNC32)[C@H](O)[C@@H]1O)C1CC(CCC2Nc3ccc(C4CC4)cc3N2)C1. The first-order chi connectivity index (χ1) is 19.4. The number of aliphatic hydroxyl groups is 2. The molecule has 9 N–H and O–H groups in total. The third-order valence-corrected chi connectivity index (χ3v) is 10.3. The fourth-order valence-corrected chi connectivity index (χ4v) is 7.64. The molecule has 11 nitrogen and oxygen atoms in total. The van der Waals surface area contributed by atoms with Gasteiger partial charge in [-0.2, -0.15) is 0 Å². The van der Waals surface area contributed by atoms with Crippen molar-refractivity contribution in [1.82, 2.24) is 25.8 Å². The molecule has 11 heteroatoms. The summed E-state index contributed by atoms with van der Waals surface area (Å²) in [7, 11) is 0. The van der Waals surface area contributed by atoms with Gasteiger partial charge >= 0.3 is 0 Å². The van der Waals surface area contributed by atoms with Crippen molar-refractivity contribution in [1.29, 1.82) is 0 Å². The molecule has 1 aromatic carbocycles. The highest BCUT2D eigenvalue weighted by atomic mass is 16.6. The fraction of sp³-hybridized carbons (Fsp3) is 0.793. The molecule has 4 aliphatic heterocycles. The summed E-state index contributed by atoms with van der Waals surface area (Å²) in [6.07, 6.45) is 4.55. The average molecular weight is 557 g/mol. The summed E-state index contributed by atoms with van der Waals surface area (Å²) < 4.78 is 6.38. The van der Waals surface area contributed by atoms with E-state index in [0.29, 0.717) is 38.1 Å². The van der Waals surface area contributed by atoms with E-state index in [2.05, 4.69) is 68.4 Å². The van der Waals surface area contributed by atoms with Gasteiger partial charge < -0.3 is 31.3 Å². The molecule has 5 fully saturated rings. The zero-order valence-electron chi connectivity index (χ0n) is 23.8. The summed E-state index contributed by atoms with van der Waals surface area (Å²) in [5.41, 5.74) is 10.2. The minimum Gasteiger partial charge on any atom is -0.387 e. The second kappa shape index (κ2) is 10.9. The monoisotopic (exact) mass is 556 g/mol. The Morgan fingerprint density at radius 1 is 1.05 bits per heavy atom. The molecule has 4 heterocycles. The molecule has 2 aliphatic carbocycles. The van der Waals surface area contributed by atoms with E-state index in [9.17, 15) is 10.2 Å². The number of fused-ring (bicyclic) bond motifs is 2. The Labute approximate surface area is 237 Å². The van der Waals surface area contributed by atoms with Gasteiger partial charge in [0, 0.05) is 25.3 Å². The summed E-state index contributed by atoms with van der Waals surface area (Å²) in [5.74, 6) is 1.50. The molecular weight excluding hydrogens is 508 g/mol. The molecule has 1 aromatic rings. The number of rotatable bonds is 9. The number of ether oxygens (including phenoxy) is 1. The predicted molar refractivity (Wildman–Crippen MR) is 154 cm³/mol. The van der Waals surface area contributed by atoms with Crippen LogP contribution >= 0.6 is 0 Å². The van der Waals surface area contributed by atoms with Crippen LogP contribution in [0, 0.1) is 5.92 Å². The van der Waals surface area contributed by atoms with Crippen LogP contribution in [0.2, 0.25) is 0 Å². The number of nitrogens with one attached hydrogen (secondary N) is 5. The lowest BCUT2D eigenvalue weighted by atomic mass is 9.76. The van der Waals surface area contributed by atoms with Crippen LogP contribution in [0.1, 0.15) is 63.9 Å². The van der Waals surface area contributed by atoms with Crippen molar-refractivity contribution in [3.05, 3.63) is 23.8 Å². The van der Waals surface area contributed by atoms with Crippen molar-refractivity contribution in [3.63, 3.8) is 0 Å². The van der Waals surface area contributed by atoms with E-state index >= 15 is 0 Å². The van der Waals surface area contributed by atoms with Crippen molar-refractivity contribution in [2.24, 2.45) is 11.7 Å². The van der Waals surface area contributed by atoms with Crippen LogP contribution in [0.5, 0.6) is 0 Å². The van der Waals surface area contributed by atoms with Crippen LogP contribution in [0.3, 0.4) is 0 Å². The minimum atomic E-state index is -0.961. The molecule has 0 amide bonds. The molecule has 40 heavy (non-hydrogen) atoms. The Bertz CT molecular complexity index is 1050. The first-order valence-corrected chi connectivity index (χ1v) is 15.5. The number of hydrogen-bond acceptors (Lipinski definition) is 11. The molecule has 3 saturated heterocycles. The Balaban J connectivity index is 0.894. The Morgan fingerprint density at radius 3 is 2.62 bits per heavy atom. The summed E-state index contributed by atoms with van der Waals surface area (Å²) in [6, 6.07) is 7.72. The summed E-state index contributed by atoms with van der Waals surface area (Å²) in [4.78, 5) is 4.54.